The van der Waals surface area contributed by atoms with Gasteiger partial charge in [-0.25, -0.2) is 4.98 Å². The molecule has 5 nitrogen and oxygen atoms in total. The van der Waals surface area contributed by atoms with E-state index < -0.39 is 0 Å². The average Bonchev–Trinajstić information content (AvgIpc) is 3.13. The first-order valence-electron chi connectivity index (χ1n) is 8.69. The van der Waals surface area contributed by atoms with Crippen molar-refractivity contribution in [2.24, 2.45) is 5.92 Å². The molecule has 0 spiro atoms. The summed E-state index contributed by atoms with van der Waals surface area (Å²) in [7, 11) is 0. The molecule has 1 fully saturated rings. The predicted octanol–water partition coefficient (Wildman–Crippen LogP) is 2.75. The van der Waals surface area contributed by atoms with Gasteiger partial charge in [0.15, 0.2) is 0 Å². The molecule has 2 aromatic rings. The van der Waals surface area contributed by atoms with Crippen LogP contribution in [0.1, 0.15) is 37.3 Å². The van der Waals surface area contributed by atoms with Crippen molar-refractivity contribution in [1.29, 1.82) is 0 Å². The highest BCUT2D eigenvalue weighted by Crippen LogP contribution is 2.23. The second-order valence-electron chi connectivity index (χ2n) is 6.29. The van der Waals surface area contributed by atoms with Gasteiger partial charge in [0.1, 0.15) is 0 Å². The van der Waals surface area contributed by atoms with Crippen molar-refractivity contribution in [3.63, 3.8) is 0 Å². The molecule has 24 heavy (non-hydrogen) atoms. The zero-order valence-electron chi connectivity index (χ0n) is 14.1. The first kappa shape index (κ1) is 16.7. The van der Waals surface area contributed by atoms with Crippen molar-refractivity contribution in [1.82, 2.24) is 14.9 Å². The molecule has 1 N–H and O–H groups in total. The number of aromatic nitrogens is 2. The molecule has 3 rings (SSSR count). The van der Waals surface area contributed by atoms with Gasteiger partial charge in [0.05, 0.1) is 18.3 Å². The number of hydrogen-bond acceptors (Lipinski definition) is 3. The molecule has 0 aliphatic carbocycles. The van der Waals surface area contributed by atoms with Crippen molar-refractivity contribution in [3.8, 4) is 0 Å². The van der Waals surface area contributed by atoms with Crippen LogP contribution in [-0.2, 0) is 22.6 Å². The molecule has 0 radical (unpaired) electrons. The minimum atomic E-state index is -0.0236. The molecule has 1 amide bonds. The number of carbonyl (C=O) groups is 1. The van der Waals surface area contributed by atoms with Gasteiger partial charge in [-0.15, -0.1) is 0 Å². The molecule has 5 heteroatoms. The van der Waals surface area contributed by atoms with Gasteiger partial charge in [-0.1, -0.05) is 31.2 Å². The number of carbonyl (C=O) groups excluding carboxylic acids is 1. The van der Waals surface area contributed by atoms with Crippen LogP contribution >= 0.6 is 0 Å². The summed E-state index contributed by atoms with van der Waals surface area (Å²) >= 11 is 0. The molecule has 2 heterocycles. The Morgan fingerprint density at radius 3 is 2.96 bits per heavy atom. The maximum Gasteiger partial charge on any atom is 0.225 e. The zero-order chi connectivity index (χ0) is 16.8. The summed E-state index contributed by atoms with van der Waals surface area (Å²) in [4.78, 5) is 16.6. The van der Waals surface area contributed by atoms with Gasteiger partial charge in [-0.3, -0.25) is 4.79 Å². The second kappa shape index (κ2) is 8.11. The molecule has 1 aliphatic rings. The van der Waals surface area contributed by atoms with Crippen LogP contribution in [0.2, 0.25) is 0 Å². The monoisotopic (exact) mass is 327 g/mol. The lowest BCUT2D eigenvalue weighted by molar-refractivity contribution is -0.134. The van der Waals surface area contributed by atoms with Crippen LogP contribution < -0.4 is 5.32 Å². The SMILES string of the molecule is CCC1OCCCC1C(=O)NCc1ccccc1Cn1ccnc1. The van der Waals surface area contributed by atoms with Crippen LogP contribution in [0.4, 0.5) is 0 Å². The van der Waals surface area contributed by atoms with Crippen LogP contribution in [0.15, 0.2) is 43.0 Å². The summed E-state index contributed by atoms with van der Waals surface area (Å²) in [6, 6.07) is 8.21. The first-order valence-corrected chi connectivity index (χ1v) is 8.69. The topological polar surface area (TPSA) is 56.1 Å². The van der Waals surface area contributed by atoms with Gasteiger partial charge in [-0.2, -0.15) is 0 Å². The van der Waals surface area contributed by atoms with E-state index in [0.717, 1.165) is 38.0 Å². The van der Waals surface area contributed by atoms with Crippen molar-refractivity contribution < 1.29 is 9.53 Å². The molecule has 0 bridgehead atoms. The zero-order valence-corrected chi connectivity index (χ0v) is 14.1. The number of rotatable bonds is 6. The van der Waals surface area contributed by atoms with E-state index >= 15 is 0 Å². The minimum absolute atomic E-state index is 0.0236. The largest absolute Gasteiger partial charge is 0.377 e. The molecule has 1 aliphatic heterocycles. The molecular formula is C19H25N3O2. The van der Waals surface area contributed by atoms with Crippen LogP contribution in [0, 0.1) is 5.92 Å². The summed E-state index contributed by atoms with van der Waals surface area (Å²) in [6.07, 6.45) is 8.35. The van der Waals surface area contributed by atoms with Crippen LogP contribution in [-0.4, -0.2) is 28.2 Å². The van der Waals surface area contributed by atoms with E-state index in [1.165, 1.54) is 5.56 Å². The molecule has 2 unspecified atom stereocenters. The van der Waals surface area contributed by atoms with Gasteiger partial charge in [0.25, 0.3) is 0 Å². The molecule has 1 aromatic carbocycles. The van der Waals surface area contributed by atoms with Crippen molar-refractivity contribution >= 4 is 5.91 Å². The number of nitrogens with one attached hydrogen (secondary N) is 1. The van der Waals surface area contributed by atoms with Crippen molar-refractivity contribution in [2.75, 3.05) is 6.61 Å². The van der Waals surface area contributed by atoms with E-state index in [1.54, 1.807) is 12.5 Å². The maximum absolute atomic E-state index is 12.6. The fourth-order valence-corrected chi connectivity index (χ4v) is 3.32. The Labute approximate surface area is 143 Å². The summed E-state index contributed by atoms with van der Waals surface area (Å²) < 4.78 is 7.77. The number of nitrogens with zero attached hydrogens (tertiary/aromatic N) is 2. The molecule has 1 aromatic heterocycles. The lowest BCUT2D eigenvalue weighted by Crippen LogP contribution is -2.41. The number of ether oxygens (including phenoxy) is 1. The molecule has 128 valence electrons. The standard InChI is InChI=1S/C19H25N3O2/c1-2-18-17(8-5-11-24-18)19(23)21-12-15-6-3-4-7-16(15)13-22-10-9-20-14-22/h3-4,6-7,9-10,14,17-18H,2,5,8,11-13H2,1H3,(H,21,23). The molecule has 0 saturated carbocycles. The van der Waals surface area contributed by atoms with Gasteiger partial charge < -0.3 is 14.6 Å². The lowest BCUT2D eigenvalue weighted by atomic mass is 9.91. The Balaban J connectivity index is 1.63. The Morgan fingerprint density at radius 2 is 2.21 bits per heavy atom. The fourth-order valence-electron chi connectivity index (χ4n) is 3.32. The van der Waals surface area contributed by atoms with E-state index in [2.05, 4.69) is 29.4 Å². The number of benzene rings is 1. The van der Waals surface area contributed by atoms with E-state index in [4.69, 9.17) is 4.74 Å². The van der Waals surface area contributed by atoms with Crippen LogP contribution in [0.5, 0.6) is 0 Å². The fraction of sp³-hybridized carbons (Fsp3) is 0.474. The molecular weight excluding hydrogens is 302 g/mol. The molecule has 2 atom stereocenters. The third-order valence-electron chi connectivity index (χ3n) is 4.66. The summed E-state index contributed by atoms with van der Waals surface area (Å²) in [5, 5.41) is 3.11. The second-order valence-corrected chi connectivity index (χ2v) is 6.29. The minimum Gasteiger partial charge on any atom is -0.377 e. The van der Waals surface area contributed by atoms with Gasteiger partial charge >= 0.3 is 0 Å². The summed E-state index contributed by atoms with van der Waals surface area (Å²) in [5.74, 6) is 0.0866. The summed E-state index contributed by atoms with van der Waals surface area (Å²) in [5.41, 5.74) is 2.34. The van der Waals surface area contributed by atoms with E-state index in [9.17, 15) is 4.79 Å². The normalized spacial score (nSPS) is 20.7. The van der Waals surface area contributed by atoms with E-state index in [0.29, 0.717) is 6.54 Å². The van der Waals surface area contributed by atoms with E-state index in [1.807, 2.05) is 22.9 Å². The van der Waals surface area contributed by atoms with E-state index in [-0.39, 0.29) is 17.9 Å². The summed E-state index contributed by atoms with van der Waals surface area (Å²) in [6.45, 7) is 4.17. The van der Waals surface area contributed by atoms with Gasteiger partial charge in [0.2, 0.25) is 5.91 Å². The van der Waals surface area contributed by atoms with Crippen molar-refractivity contribution in [2.45, 2.75) is 45.4 Å². The smallest absolute Gasteiger partial charge is 0.225 e. The van der Waals surface area contributed by atoms with Crippen molar-refractivity contribution in [3.05, 3.63) is 54.1 Å². The number of imidazole rings is 1. The Kier molecular flexibility index (Phi) is 5.64. The quantitative estimate of drug-likeness (QED) is 0.887. The first-order chi connectivity index (χ1) is 11.8. The number of amides is 1. The third-order valence-corrected chi connectivity index (χ3v) is 4.66. The molecule has 1 saturated heterocycles. The Hall–Kier alpha value is -2.14. The Bertz CT molecular complexity index is 654. The predicted molar refractivity (Wildman–Crippen MR) is 92.4 cm³/mol. The highest BCUT2D eigenvalue weighted by Gasteiger charge is 2.30. The highest BCUT2D eigenvalue weighted by atomic mass is 16.5. The third kappa shape index (κ3) is 4.03. The highest BCUT2D eigenvalue weighted by molar-refractivity contribution is 5.79. The Morgan fingerprint density at radius 1 is 1.38 bits per heavy atom. The van der Waals surface area contributed by atoms with Crippen LogP contribution in [0.3, 0.4) is 0 Å². The maximum atomic E-state index is 12.6. The lowest BCUT2D eigenvalue weighted by Gasteiger charge is -2.30. The van der Waals surface area contributed by atoms with Gasteiger partial charge in [0, 0.05) is 32.1 Å². The van der Waals surface area contributed by atoms with Crippen LogP contribution in [0.25, 0.3) is 0 Å². The average molecular weight is 327 g/mol. The number of hydrogen-bond donors (Lipinski definition) is 1. The van der Waals surface area contributed by atoms with Gasteiger partial charge in [-0.05, 0) is 30.4 Å².